The monoisotopic (exact) mass is 1480 g/mol. The molecule has 0 aliphatic carbocycles. The minimum Gasteiger partial charge on any atom is -0.858 e. The highest BCUT2D eigenvalue weighted by Crippen LogP contribution is 2.26. The van der Waals surface area contributed by atoms with Gasteiger partial charge in [-0.1, -0.05) is 318 Å². The van der Waals surface area contributed by atoms with Gasteiger partial charge in [0, 0.05) is 47.0 Å². The summed E-state index contributed by atoms with van der Waals surface area (Å²) in [5.74, 6) is -1.90. The van der Waals surface area contributed by atoms with Gasteiger partial charge in [-0.25, -0.2) is 17.7 Å². The number of fused-ring (bicyclic) bond motifs is 3. The van der Waals surface area contributed by atoms with E-state index in [-0.39, 0.29) is 31.4 Å². The first-order valence-corrected chi connectivity index (χ1v) is 44.4. The van der Waals surface area contributed by atoms with Gasteiger partial charge in [-0.05, 0) is 69.2 Å². The molecular weight excluding hydrogens is 1350 g/mol. The highest BCUT2D eigenvalue weighted by atomic mass is 32.2. The molecule has 0 unspecified atom stereocenters. The molecule has 578 valence electrons. The molecule has 0 radical (unpaired) electrons. The van der Waals surface area contributed by atoms with Gasteiger partial charge in [0.15, 0.2) is 12.4 Å². The van der Waals surface area contributed by atoms with E-state index in [1.54, 1.807) is 36.4 Å². The molecule has 0 spiro atoms. The van der Waals surface area contributed by atoms with Gasteiger partial charge < -0.3 is 19.2 Å². The Kier molecular flexibility index (Phi) is 47.8. The van der Waals surface area contributed by atoms with Crippen molar-refractivity contribution in [1.29, 1.82) is 0 Å². The van der Waals surface area contributed by atoms with E-state index in [1.165, 1.54) is 329 Å². The molecule has 0 bridgehead atoms. The number of nitrogens with one attached hydrogen (secondary N) is 1. The Labute approximate surface area is 627 Å². The van der Waals surface area contributed by atoms with Gasteiger partial charge in [0.05, 0.1) is 63.2 Å². The fourth-order valence-electron chi connectivity index (χ4n) is 13.0. The van der Waals surface area contributed by atoms with Crippen molar-refractivity contribution in [2.75, 3.05) is 47.8 Å². The molecule has 5 aromatic rings. The number of amides is 1. The second-order valence-electron chi connectivity index (χ2n) is 29.7. The molecule has 18 heteroatoms. The van der Waals surface area contributed by atoms with E-state index >= 15 is 0 Å². The first kappa shape index (κ1) is 91.4. The third kappa shape index (κ3) is 41.1. The number of benzene rings is 4. The number of quaternary nitrogens is 2. The maximum atomic E-state index is 11.1. The van der Waals surface area contributed by atoms with Crippen molar-refractivity contribution in [3.63, 3.8) is 0 Å². The highest BCUT2D eigenvalue weighted by molar-refractivity contribution is 7.91. The average Bonchev–Trinajstić information content (AvgIpc) is 1.66. The molecule has 1 amide bonds. The van der Waals surface area contributed by atoms with Crippen LogP contribution in [0.2, 0.25) is 0 Å². The van der Waals surface area contributed by atoms with Crippen LogP contribution in [-0.4, -0.2) is 99.7 Å². The predicted molar refractivity (Wildman–Crippen MR) is 424 cm³/mol. The third-order valence-electron chi connectivity index (χ3n) is 19.2. The van der Waals surface area contributed by atoms with Crippen molar-refractivity contribution >= 4 is 47.8 Å². The van der Waals surface area contributed by atoms with Crippen molar-refractivity contribution in [3.8, 4) is 0 Å². The lowest BCUT2D eigenvalue weighted by atomic mass is 10.0. The molecular formula is C85H137N6O9S3+. The molecule has 1 aromatic heterocycles. The van der Waals surface area contributed by atoms with Gasteiger partial charge in [0.2, 0.25) is 0 Å². The van der Waals surface area contributed by atoms with E-state index in [4.69, 9.17) is 0 Å². The number of sulfonamides is 3. The van der Waals surface area contributed by atoms with Crippen molar-refractivity contribution in [2.24, 2.45) is 8.80 Å². The fourth-order valence-corrected chi connectivity index (χ4v) is 16.4. The van der Waals surface area contributed by atoms with E-state index in [0.29, 0.717) is 0 Å². The maximum absolute atomic E-state index is 11.1. The fraction of sp³-hybridized carbons (Fsp3) is 0.624. The van der Waals surface area contributed by atoms with Gasteiger partial charge >= 0.3 is 0 Å². The molecule has 0 atom stereocenters. The number of carbonyl (C=O) groups excluding carboxylic acids is 1. The lowest BCUT2D eigenvalue weighted by Crippen LogP contribution is -2.41. The zero-order valence-corrected chi connectivity index (χ0v) is 67.6. The standard InChI is InChI=1S/C22H48N.2C21H38N.3C7H5NO3S/c1-5-7-9-11-13-15-17-19-21-23(3,4)22-20-18-16-14-12-10-8-6-2;1-4-5-6-7-8-9-10-11-12-16-19-22(2,3)20-21-17-14-13-15-18-21;1-2-3-4-5-6-7-8-9-10-11-12-13-14-16-19-22-20-17-15-18-21-22;3*9-7-5-3-1-2-4-6(5)12(10,11)8-7/h5-22H2,1-4H3;13-15,17-18H,4-12,16,19-20H2,1-3H3;15,17-18,20-21H,2-14,16,19H2,1H3;3*1-4H,(H,8,9)/q3*+1;;;/p-2. The summed E-state index contributed by atoms with van der Waals surface area (Å²) in [4.78, 5) is 11.1. The number of rotatable bonds is 46. The molecule has 3 aliphatic rings. The summed E-state index contributed by atoms with van der Waals surface area (Å²) in [5.41, 5.74) is 2.01. The van der Waals surface area contributed by atoms with E-state index in [2.05, 4.69) is 130 Å². The SMILES string of the molecule is CCCCCCCCCCCCCCCC[n+]1ccccc1.CCCCCCCCCCCC[N+](C)(C)Cc1ccccc1.CCCCCCCCCC[N+](C)(C)CCCCCCCCCC.O=C1NS(=O)(=O)c2ccccc21.O=S1(=O)N=C([O-])c2ccccc21.O=S1(=O)N=C([O-])c2ccccc21. The van der Waals surface area contributed by atoms with Crippen molar-refractivity contribution in [3.05, 3.63) is 156 Å². The maximum Gasteiger partial charge on any atom is 0.282 e. The molecule has 4 heterocycles. The van der Waals surface area contributed by atoms with Crippen LogP contribution in [0.1, 0.15) is 312 Å². The topological polar surface area (TPSA) is 206 Å². The van der Waals surface area contributed by atoms with Crippen LogP contribution in [0.5, 0.6) is 0 Å². The largest absolute Gasteiger partial charge is 0.858 e. The van der Waals surface area contributed by atoms with E-state index in [9.17, 15) is 40.3 Å². The summed E-state index contributed by atoms with van der Waals surface area (Å²) in [6, 6.07) is 35.3. The minimum absolute atomic E-state index is 0.00926. The van der Waals surface area contributed by atoms with Crippen molar-refractivity contribution in [2.45, 2.75) is 312 Å². The minimum atomic E-state index is -3.68. The summed E-state index contributed by atoms with van der Waals surface area (Å²) in [5, 5.41) is 21.9. The normalized spacial score (nSPS) is 14.0. The lowest BCUT2D eigenvalue weighted by molar-refractivity contribution is -0.903. The van der Waals surface area contributed by atoms with Gasteiger partial charge in [0.1, 0.15) is 18.0 Å². The van der Waals surface area contributed by atoms with E-state index in [1.807, 2.05) is 4.72 Å². The van der Waals surface area contributed by atoms with Crippen LogP contribution in [0.15, 0.2) is 157 Å². The highest BCUT2D eigenvalue weighted by Gasteiger charge is 2.31. The summed E-state index contributed by atoms with van der Waals surface area (Å²) in [6.07, 6.45) is 61.7. The van der Waals surface area contributed by atoms with Gasteiger partial charge in [0.25, 0.3) is 36.0 Å². The molecule has 15 nitrogen and oxygen atoms in total. The first-order valence-electron chi connectivity index (χ1n) is 40.0. The summed E-state index contributed by atoms with van der Waals surface area (Å²) >= 11 is 0. The average molecular weight is 1480 g/mol. The Balaban J connectivity index is 0.000000327. The molecule has 3 aliphatic heterocycles. The van der Waals surface area contributed by atoms with E-state index < -0.39 is 47.8 Å². The van der Waals surface area contributed by atoms with Crippen LogP contribution in [0.25, 0.3) is 0 Å². The molecule has 1 N–H and O–H groups in total. The first-order chi connectivity index (χ1) is 49.5. The predicted octanol–water partition coefficient (Wildman–Crippen LogP) is 19.1. The van der Waals surface area contributed by atoms with E-state index in [0.717, 1.165) is 11.0 Å². The number of aromatic nitrogens is 1. The van der Waals surface area contributed by atoms with Crippen LogP contribution < -0.4 is 19.5 Å². The van der Waals surface area contributed by atoms with Gasteiger partial charge in [-0.2, -0.15) is 25.6 Å². The smallest absolute Gasteiger partial charge is 0.282 e. The van der Waals surface area contributed by atoms with Gasteiger partial charge in [-0.15, -0.1) is 0 Å². The second-order valence-corrected chi connectivity index (χ2v) is 34.5. The summed E-state index contributed by atoms with van der Waals surface area (Å²) < 4.78 is 79.1. The summed E-state index contributed by atoms with van der Waals surface area (Å²) in [6.45, 7) is 15.6. The Morgan fingerprint density at radius 3 is 0.961 bits per heavy atom. The zero-order valence-electron chi connectivity index (χ0n) is 65.2. The number of nitrogens with zero attached hydrogens (tertiary/aromatic N) is 5. The summed E-state index contributed by atoms with van der Waals surface area (Å²) in [7, 11) is -1.32. The van der Waals surface area contributed by atoms with Crippen LogP contribution in [-0.2, 0) is 43.2 Å². The quantitative estimate of drug-likeness (QED) is 0.0223. The van der Waals surface area contributed by atoms with Gasteiger partial charge in [-0.3, -0.25) is 4.79 Å². The molecule has 0 fully saturated rings. The van der Waals surface area contributed by atoms with Crippen molar-refractivity contribution < 1.29 is 53.8 Å². The molecule has 0 saturated carbocycles. The third-order valence-corrected chi connectivity index (χ3v) is 23.2. The van der Waals surface area contributed by atoms with Crippen LogP contribution >= 0.6 is 0 Å². The number of hydrogen-bond donors (Lipinski definition) is 1. The Bertz CT molecular complexity index is 3330. The van der Waals surface area contributed by atoms with Crippen LogP contribution in [0.4, 0.5) is 0 Å². The lowest BCUT2D eigenvalue weighted by Gasteiger charge is -2.30. The zero-order chi connectivity index (χ0) is 75.3. The molecule has 4 aromatic carbocycles. The van der Waals surface area contributed by atoms with Crippen LogP contribution in [0, 0.1) is 0 Å². The number of aryl methyl sites for hydroxylation is 1. The molecule has 0 saturated heterocycles. The van der Waals surface area contributed by atoms with Crippen molar-refractivity contribution in [1.82, 2.24) is 4.72 Å². The molecule has 8 rings (SSSR count). The Morgan fingerprint density at radius 2 is 0.621 bits per heavy atom. The number of hydrogen-bond acceptors (Lipinski definition) is 9. The Hall–Kier alpha value is -5.79. The number of carbonyl (C=O) groups is 1. The Morgan fingerprint density at radius 1 is 0.340 bits per heavy atom. The van der Waals surface area contributed by atoms with Crippen LogP contribution in [0.3, 0.4) is 0 Å². The number of unbranched alkanes of at least 4 members (excludes halogenated alkanes) is 36. The number of pyridine rings is 1. The second kappa shape index (κ2) is 53.9. The molecule has 103 heavy (non-hydrogen) atoms.